The molecule has 120 valence electrons. The molecule has 1 heterocycles. The first-order valence-corrected chi connectivity index (χ1v) is 8.03. The fourth-order valence-corrected chi connectivity index (χ4v) is 2.79. The van der Waals surface area contributed by atoms with Crippen LogP contribution in [0.5, 0.6) is 5.75 Å². The SMILES string of the molecule is N/C(=C\C([O-])=N\c1nc(-c2ccccc2O)cs1)c1ccccc1.[Na+]. The summed E-state index contributed by atoms with van der Waals surface area (Å²) in [5, 5.41) is 23.9. The molecule has 1 aromatic heterocycles. The maximum atomic E-state index is 12.0. The van der Waals surface area contributed by atoms with Crippen LogP contribution in [0.2, 0.25) is 0 Å². The number of aromatic nitrogens is 1. The van der Waals surface area contributed by atoms with Crippen LogP contribution in [-0.4, -0.2) is 16.0 Å². The van der Waals surface area contributed by atoms with E-state index >= 15 is 0 Å². The molecule has 0 unspecified atom stereocenters. The molecule has 0 spiro atoms. The number of rotatable bonds is 4. The van der Waals surface area contributed by atoms with Gasteiger partial charge in [-0.05, 0) is 29.7 Å². The van der Waals surface area contributed by atoms with E-state index in [0.29, 0.717) is 22.1 Å². The zero-order valence-corrected chi connectivity index (χ0v) is 16.4. The Morgan fingerprint density at radius 1 is 1.12 bits per heavy atom. The van der Waals surface area contributed by atoms with Gasteiger partial charge in [0.25, 0.3) is 0 Å². The van der Waals surface area contributed by atoms with Crippen molar-refractivity contribution >= 4 is 28.1 Å². The van der Waals surface area contributed by atoms with Crippen LogP contribution in [-0.2, 0) is 0 Å². The van der Waals surface area contributed by atoms with Gasteiger partial charge >= 0.3 is 29.6 Å². The van der Waals surface area contributed by atoms with E-state index in [1.165, 1.54) is 17.4 Å². The summed E-state index contributed by atoms with van der Waals surface area (Å²) >= 11 is 1.22. The number of benzene rings is 2. The van der Waals surface area contributed by atoms with Gasteiger partial charge < -0.3 is 15.9 Å². The van der Waals surface area contributed by atoms with Crippen molar-refractivity contribution in [3.8, 4) is 17.0 Å². The first-order chi connectivity index (χ1) is 11.6. The van der Waals surface area contributed by atoms with Crippen LogP contribution in [0.1, 0.15) is 5.56 Å². The molecule has 25 heavy (non-hydrogen) atoms. The van der Waals surface area contributed by atoms with Crippen molar-refractivity contribution in [1.29, 1.82) is 0 Å². The van der Waals surface area contributed by atoms with Crippen LogP contribution in [0.3, 0.4) is 0 Å². The number of phenols is 1. The maximum absolute atomic E-state index is 12.0. The van der Waals surface area contributed by atoms with Gasteiger partial charge in [0.15, 0.2) is 0 Å². The zero-order chi connectivity index (χ0) is 16.9. The molecule has 0 bridgehead atoms. The van der Waals surface area contributed by atoms with Crippen molar-refractivity contribution in [2.75, 3.05) is 0 Å². The number of phenolic OH excluding ortho intramolecular Hbond substituents is 1. The minimum Gasteiger partial charge on any atom is -0.858 e. The van der Waals surface area contributed by atoms with E-state index in [0.717, 1.165) is 5.56 Å². The van der Waals surface area contributed by atoms with Crippen molar-refractivity contribution in [3.63, 3.8) is 0 Å². The molecular weight excluding hydrogens is 345 g/mol. The summed E-state index contributed by atoms with van der Waals surface area (Å²) in [5.74, 6) is -0.344. The Bertz CT molecular complexity index is 907. The Morgan fingerprint density at radius 3 is 2.52 bits per heavy atom. The Hall–Kier alpha value is -2.12. The van der Waals surface area contributed by atoms with E-state index < -0.39 is 5.90 Å². The molecule has 3 rings (SSSR count). The van der Waals surface area contributed by atoms with Crippen molar-refractivity contribution in [2.45, 2.75) is 0 Å². The molecular formula is C18H14N3NaO2S. The Morgan fingerprint density at radius 2 is 1.80 bits per heavy atom. The Kier molecular flexibility index (Phi) is 6.78. The molecule has 0 aliphatic rings. The summed E-state index contributed by atoms with van der Waals surface area (Å²) in [6, 6.07) is 16.1. The van der Waals surface area contributed by atoms with Crippen molar-refractivity contribution in [1.82, 2.24) is 4.98 Å². The van der Waals surface area contributed by atoms with Crippen LogP contribution in [0.15, 0.2) is 71.0 Å². The number of thiazole rings is 1. The molecule has 0 saturated carbocycles. The molecule has 0 saturated heterocycles. The number of hydrogen-bond donors (Lipinski definition) is 2. The van der Waals surface area contributed by atoms with Crippen LogP contribution in [0.25, 0.3) is 17.0 Å². The number of para-hydroxylation sites is 1. The predicted molar refractivity (Wildman–Crippen MR) is 94.9 cm³/mol. The normalized spacial score (nSPS) is 11.8. The van der Waals surface area contributed by atoms with Crippen molar-refractivity contribution < 1.29 is 39.8 Å². The first kappa shape index (κ1) is 19.2. The molecule has 2 aromatic carbocycles. The van der Waals surface area contributed by atoms with Gasteiger partial charge in [-0.3, -0.25) is 0 Å². The van der Waals surface area contributed by atoms with E-state index in [1.54, 1.807) is 29.6 Å². The summed E-state index contributed by atoms with van der Waals surface area (Å²) < 4.78 is 0. The standard InChI is InChI=1S/C18H15N3O2S.Na/c19-14(12-6-2-1-3-7-12)10-17(23)21-18-20-15(11-24-18)13-8-4-5-9-16(13)22;/h1-11,22H,19H2,(H,20,21,23);/q;+1/p-1/b14-10-;. The number of nitrogens with zero attached hydrogens (tertiary/aromatic N) is 2. The topological polar surface area (TPSA) is 94.6 Å². The molecule has 5 nitrogen and oxygen atoms in total. The molecule has 0 amide bonds. The van der Waals surface area contributed by atoms with E-state index in [9.17, 15) is 10.2 Å². The second-order valence-electron chi connectivity index (χ2n) is 4.95. The fraction of sp³-hybridized carbons (Fsp3) is 0. The summed E-state index contributed by atoms with van der Waals surface area (Å²) in [6.45, 7) is 0. The quantitative estimate of drug-likeness (QED) is 0.387. The van der Waals surface area contributed by atoms with Gasteiger partial charge in [-0.15, -0.1) is 11.3 Å². The Balaban J connectivity index is 0.00000225. The largest absolute Gasteiger partial charge is 1.00 e. The second kappa shape index (κ2) is 8.82. The zero-order valence-electron chi connectivity index (χ0n) is 13.6. The summed E-state index contributed by atoms with van der Waals surface area (Å²) in [5.41, 5.74) is 8.18. The average molecular weight is 359 g/mol. The van der Waals surface area contributed by atoms with Crippen LogP contribution < -0.4 is 40.4 Å². The van der Waals surface area contributed by atoms with E-state index in [1.807, 2.05) is 30.3 Å². The molecule has 0 fully saturated rings. The van der Waals surface area contributed by atoms with Gasteiger partial charge in [-0.25, -0.2) is 9.98 Å². The van der Waals surface area contributed by atoms with E-state index in [4.69, 9.17) is 5.73 Å². The summed E-state index contributed by atoms with van der Waals surface area (Å²) in [4.78, 5) is 8.19. The molecule has 3 aromatic rings. The summed E-state index contributed by atoms with van der Waals surface area (Å²) in [7, 11) is 0. The van der Waals surface area contributed by atoms with Crippen LogP contribution in [0, 0.1) is 0 Å². The summed E-state index contributed by atoms with van der Waals surface area (Å²) in [6.07, 6.45) is 1.27. The second-order valence-corrected chi connectivity index (χ2v) is 5.78. The van der Waals surface area contributed by atoms with Crippen LogP contribution >= 0.6 is 11.3 Å². The number of aliphatic imine (C=N–C) groups is 1. The van der Waals surface area contributed by atoms with Crippen molar-refractivity contribution in [3.05, 3.63) is 71.6 Å². The smallest absolute Gasteiger partial charge is 0.858 e. The molecule has 7 heteroatoms. The average Bonchev–Trinajstić information content (AvgIpc) is 3.04. The monoisotopic (exact) mass is 359 g/mol. The van der Waals surface area contributed by atoms with Gasteiger partial charge in [0.1, 0.15) is 5.75 Å². The Labute approximate surface area is 171 Å². The van der Waals surface area contributed by atoms with E-state index in [2.05, 4.69) is 9.98 Å². The van der Waals surface area contributed by atoms with Crippen molar-refractivity contribution in [2.24, 2.45) is 10.7 Å². The third-order valence-electron chi connectivity index (χ3n) is 3.26. The number of aromatic hydroxyl groups is 1. The fourth-order valence-electron chi connectivity index (χ4n) is 2.10. The third-order valence-corrected chi connectivity index (χ3v) is 4.00. The molecule has 0 aliphatic carbocycles. The number of nitrogens with two attached hydrogens (primary N) is 1. The van der Waals surface area contributed by atoms with Gasteiger partial charge in [0.05, 0.1) is 5.69 Å². The minimum atomic E-state index is -0.477. The van der Waals surface area contributed by atoms with Crippen LogP contribution in [0.4, 0.5) is 5.13 Å². The third kappa shape index (κ3) is 4.93. The predicted octanol–water partition coefficient (Wildman–Crippen LogP) is -0.0902. The van der Waals surface area contributed by atoms with Gasteiger partial charge in [0.2, 0.25) is 5.13 Å². The van der Waals surface area contributed by atoms with E-state index in [-0.39, 0.29) is 35.3 Å². The molecule has 3 N–H and O–H groups in total. The molecule has 0 aliphatic heterocycles. The number of hydrogen-bond acceptors (Lipinski definition) is 6. The maximum Gasteiger partial charge on any atom is 1.00 e. The first-order valence-electron chi connectivity index (χ1n) is 7.15. The van der Waals surface area contributed by atoms with Gasteiger partial charge in [-0.2, -0.15) is 0 Å². The molecule has 0 atom stereocenters. The molecule has 0 radical (unpaired) electrons. The minimum absolute atomic E-state index is 0. The van der Waals surface area contributed by atoms with Gasteiger partial charge in [0, 0.05) is 16.6 Å². The van der Waals surface area contributed by atoms with Gasteiger partial charge in [-0.1, -0.05) is 42.5 Å².